The first-order valence-electron chi connectivity index (χ1n) is 14.7. The molecule has 0 saturated heterocycles. The van der Waals surface area contributed by atoms with Gasteiger partial charge in [0.2, 0.25) is 11.8 Å². The van der Waals surface area contributed by atoms with Crippen molar-refractivity contribution in [3.05, 3.63) is 65.2 Å². The highest BCUT2D eigenvalue weighted by Crippen LogP contribution is 2.30. The van der Waals surface area contributed by atoms with Crippen molar-refractivity contribution >= 4 is 21.9 Å². The Bertz CT molecular complexity index is 1520. The third-order valence-electron chi connectivity index (χ3n) is 7.28. The molecule has 2 aromatic carbocycles. The van der Waals surface area contributed by atoms with Gasteiger partial charge in [-0.25, -0.2) is 22.9 Å². The molecule has 1 fully saturated rings. The molecule has 0 amide bonds. The Kier molecular flexibility index (Phi) is 10.4. The van der Waals surface area contributed by atoms with Gasteiger partial charge in [-0.15, -0.1) is 0 Å². The van der Waals surface area contributed by atoms with Gasteiger partial charge in [0.1, 0.15) is 6.61 Å². The van der Waals surface area contributed by atoms with Crippen LogP contribution < -0.4 is 14.8 Å². The van der Waals surface area contributed by atoms with Crippen molar-refractivity contribution in [2.45, 2.75) is 90.0 Å². The number of sulfonamides is 1. The topological polar surface area (TPSA) is 140 Å². The predicted molar refractivity (Wildman–Crippen MR) is 166 cm³/mol. The molecule has 1 aliphatic carbocycles. The first kappa shape index (κ1) is 32.4. The van der Waals surface area contributed by atoms with Crippen molar-refractivity contribution in [2.75, 3.05) is 11.3 Å². The first-order chi connectivity index (χ1) is 20.3. The number of anilines is 1. The molecule has 1 aliphatic rings. The zero-order valence-corrected chi connectivity index (χ0v) is 26.4. The number of benzene rings is 2. The molecular weight excluding hydrogens is 568 g/mol. The zero-order chi connectivity index (χ0) is 31.3. The lowest BCUT2D eigenvalue weighted by molar-refractivity contribution is -0.0526. The zero-order valence-electron chi connectivity index (χ0n) is 25.6. The molecule has 4 rings (SSSR count). The molecule has 1 saturated carbocycles. The monoisotopic (exact) mass is 610 g/mol. The molecule has 11 heteroatoms. The third-order valence-corrected chi connectivity index (χ3v) is 8.60. The van der Waals surface area contributed by atoms with Crippen LogP contribution in [-0.4, -0.2) is 60.4 Å². The van der Waals surface area contributed by atoms with E-state index in [1.165, 1.54) is 18.2 Å². The number of carboxylic acid groups (broad SMARTS) is 1. The van der Waals surface area contributed by atoms with Gasteiger partial charge in [0.15, 0.2) is 0 Å². The van der Waals surface area contributed by atoms with Gasteiger partial charge in [-0.05, 0) is 82.2 Å². The molecule has 1 aromatic heterocycles. The molecule has 43 heavy (non-hydrogen) atoms. The van der Waals surface area contributed by atoms with E-state index in [2.05, 4.69) is 33.9 Å². The minimum atomic E-state index is -4.20. The van der Waals surface area contributed by atoms with Crippen LogP contribution in [0.3, 0.4) is 0 Å². The van der Waals surface area contributed by atoms with Gasteiger partial charge in [0.25, 0.3) is 10.0 Å². The molecule has 1 heterocycles. The van der Waals surface area contributed by atoms with Crippen LogP contribution in [0.15, 0.2) is 53.4 Å². The Hall–Kier alpha value is -3.54. The van der Waals surface area contributed by atoms with E-state index in [0.717, 1.165) is 42.0 Å². The highest BCUT2D eigenvalue weighted by molar-refractivity contribution is 7.92. The fraction of sp³-hybridized carbons (Fsp3) is 0.469. The number of hydrogen-bond donors (Lipinski definition) is 3. The van der Waals surface area contributed by atoms with Crippen LogP contribution in [0.2, 0.25) is 0 Å². The maximum Gasteiger partial charge on any atom is 0.335 e. The number of aromatic carboxylic acids is 1. The van der Waals surface area contributed by atoms with Gasteiger partial charge < -0.3 is 19.9 Å². The van der Waals surface area contributed by atoms with Crippen LogP contribution in [-0.2, 0) is 14.8 Å². The van der Waals surface area contributed by atoms with Crippen molar-refractivity contribution in [1.82, 2.24) is 15.3 Å². The van der Waals surface area contributed by atoms with Gasteiger partial charge >= 0.3 is 5.97 Å². The molecule has 3 N–H and O–H groups in total. The summed E-state index contributed by atoms with van der Waals surface area (Å²) >= 11 is 0. The van der Waals surface area contributed by atoms with Crippen LogP contribution in [0.5, 0.6) is 5.88 Å². The van der Waals surface area contributed by atoms with Crippen LogP contribution in [0.1, 0.15) is 68.4 Å². The van der Waals surface area contributed by atoms with E-state index < -0.39 is 16.0 Å². The lowest BCUT2D eigenvalue weighted by atomic mass is 9.87. The van der Waals surface area contributed by atoms with E-state index >= 15 is 0 Å². The smallest absolute Gasteiger partial charge is 0.335 e. The van der Waals surface area contributed by atoms with Crippen LogP contribution in [0.25, 0.3) is 11.3 Å². The number of carbonyl (C=O) groups is 1. The second-order valence-electron chi connectivity index (χ2n) is 11.9. The van der Waals surface area contributed by atoms with Crippen molar-refractivity contribution in [3.8, 4) is 17.1 Å². The predicted octanol–water partition coefficient (Wildman–Crippen LogP) is 5.60. The number of rotatable bonds is 14. The molecule has 0 radical (unpaired) electrons. The van der Waals surface area contributed by atoms with Crippen molar-refractivity contribution in [3.63, 3.8) is 0 Å². The summed E-state index contributed by atoms with van der Waals surface area (Å²) in [6, 6.07) is 13.1. The van der Waals surface area contributed by atoms with Crippen LogP contribution >= 0.6 is 0 Å². The Morgan fingerprint density at radius 1 is 1.02 bits per heavy atom. The summed E-state index contributed by atoms with van der Waals surface area (Å²) in [7, 11) is -4.20. The Labute approximate surface area is 254 Å². The average molecular weight is 611 g/mol. The van der Waals surface area contributed by atoms with Crippen molar-refractivity contribution in [2.24, 2.45) is 5.92 Å². The summed E-state index contributed by atoms with van der Waals surface area (Å²) in [5.41, 5.74) is 3.16. The minimum absolute atomic E-state index is 0.0579. The van der Waals surface area contributed by atoms with E-state index in [1.807, 2.05) is 45.9 Å². The normalized spacial score (nSPS) is 17.5. The van der Waals surface area contributed by atoms with Gasteiger partial charge in [-0.1, -0.05) is 38.1 Å². The SMILES string of the molecule is Cc1cccc(C)c1-c1cc(OCC(CC(C)C)NC2CC(OC(C)C)C2)nc(NS(=O)(=O)c2cccc(C(=O)O)c2)n1. The second-order valence-corrected chi connectivity index (χ2v) is 13.6. The standard InChI is InChI=1S/C32H42N4O6S/c1-19(2)13-25(33-24-15-26(16-24)42-20(3)4)18-41-29-17-28(30-21(5)9-7-10-22(30)6)34-32(35-29)36-43(39,40)27-12-8-11-23(14-27)31(37)38/h7-12,14,17,19-20,24-26,33H,13,15-16,18H2,1-6H3,(H,37,38)(H,34,35,36). The van der Waals surface area contributed by atoms with E-state index in [9.17, 15) is 18.3 Å². The molecule has 0 spiro atoms. The molecule has 1 unspecified atom stereocenters. The fourth-order valence-corrected chi connectivity index (χ4v) is 6.33. The van der Waals surface area contributed by atoms with Crippen molar-refractivity contribution in [1.29, 1.82) is 0 Å². The fourth-order valence-electron chi connectivity index (χ4n) is 5.34. The van der Waals surface area contributed by atoms with Gasteiger partial charge in [0, 0.05) is 23.7 Å². The average Bonchev–Trinajstić information content (AvgIpc) is 2.89. The molecular formula is C32H42N4O6S. The lowest BCUT2D eigenvalue weighted by Crippen LogP contribution is -2.51. The summed E-state index contributed by atoms with van der Waals surface area (Å²) < 4.78 is 41.1. The van der Waals surface area contributed by atoms with Crippen molar-refractivity contribution < 1.29 is 27.8 Å². The Morgan fingerprint density at radius 2 is 1.70 bits per heavy atom. The first-order valence-corrected chi connectivity index (χ1v) is 16.1. The molecule has 3 aromatic rings. The molecule has 1 atom stereocenters. The summed E-state index contributed by atoms with van der Waals surface area (Å²) in [5.74, 6) is -0.731. The van der Waals surface area contributed by atoms with E-state index in [1.54, 1.807) is 6.07 Å². The largest absolute Gasteiger partial charge is 0.478 e. The third kappa shape index (κ3) is 8.75. The van der Waals surface area contributed by atoms with Gasteiger partial charge in [0.05, 0.1) is 28.4 Å². The maximum absolute atomic E-state index is 13.3. The van der Waals surface area contributed by atoms with E-state index in [-0.39, 0.29) is 40.5 Å². The van der Waals surface area contributed by atoms with E-state index in [0.29, 0.717) is 24.3 Å². The Morgan fingerprint density at radius 3 is 2.33 bits per heavy atom. The number of carboxylic acids is 1. The lowest BCUT2D eigenvalue weighted by Gasteiger charge is -2.39. The molecule has 10 nitrogen and oxygen atoms in total. The number of nitrogens with one attached hydrogen (secondary N) is 2. The number of nitrogens with zero attached hydrogens (tertiary/aromatic N) is 2. The summed E-state index contributed by atoms with van der Waals surface area (Å²) in [4.78, 5) is 20.2. The van der Waals surface area contributed by atoms with Crippen LogP contribution in [0, 0.1) is 19.8 Å². The quantitative estimate of drug-likeness (QED) is 0.213. The molecule has 0 aliphatic heterocycles. The molecule has 232 valence electrons. The Balaban J connectivity index is 1.60. The number of aryl methyl sites for hydroxylation is 2. The number of ether oxygens (including phenoxy) is 2. The maximum atomic E-state index is 13.3. The molecule has 0 bridgehead atoms. The second kappa shape index (κ2) is 13.8. The highest BCUT2D eigenvalue weighted by Gasteiger charge is 2.32. The van der Waals surface area contributed by atoms with Gasteiger partial charge in [-0.2, -0.15) is 4.98 Å². The summed E-state index contributed by atoms with van der Waals surface area (Å²) in [6.45, 7) is 12.7. The number of hydrogen-bond acceptors (Lipinski definition) is 8. The van der Waals surface area contributed by atoms with E-state index in [4.69, 9.17) is 9.47 Å². The summed E-state index contributed by atoms with van der Waals surface area (Å²) in [5, 5.41) is 13.0. The van der Waals surface area contributed by atoms with Gasteiger partial charge in [-0.3, -0.25) is 0 Å². The number of aromatic nitrogens is 2. The minimum Gasteiger partial charge on any atom is -0.478 e. The highest BCUT2D eigenvalue weighted by atomic mass is 32.2. The summed E-state index contributed by atoms with van der Waals surface area (Å²) in [6.07, 6.45) is 3.27. The van der Waals surface area contributed by atoms with Crippen LogP contribution in [0.4, 0.5) is 5.95 Å².